The second kappa shape index (κ2) is 9.47. The van der Waals surface area contributed by atoms with Gasteiger partial charge in [-0.25, -0.2) is 8.42 Å². The lowest BCUT2D eigenvalue weighted by Crippen LogP contribution is -2.40. The fourth-order valence-corrected chi connectivity index (χ4v) is 5.06. The highest BCUT2D eigenvalue weighted by molar-refractivity contribution is 7.89. The lowest BCUT2D eigenvalue weighted by atomic mass is 10.2. The summed E-state index contributed by atoms with van der Waals surface area (Å²) in [5.41, 5.74) is 5.36. The maximum Gasteiger partial charge on any atom is 0.269 e. The fourth-order valence-electron chi connectivity index (χ4n) is 3.54. The second-order valence-corrected chi connectivity index (χ2v) is 9.38. The number of rotatable bonds is 6. The van der Waals surface area contributed by atoms with E-state index in [0.29, 0.717) is 30.2 Å². The molecular weight excluding hydrogens is 446 g/mol. The molecule has 0 saturated carbocycles. The Hall–Kier alpha value is -3.63. The van der Waals surface area contributed by atoms with Gasteiger partial charge in [0.15, 0.2) is 11.3 Å². The molecule has 33 heavy (non-hydrogen) atoms. The van der Waals surface area contributed by atoms with Crippen molar-refractivity contribution in [3.8, 4) is 5.75 Å². The normalized spacial score (nSPS) is 14.6. The van der Waals surface area contributed by atoms with Crippen LogP contribution in [-0.2, 0) is 14.8 Å². The van der Waals surface area contributed by atoms with Gasteiger partial charge in [-0.2, -0.15) is 4.31 Å². The van der Waals surface area contributed by atoms with Crippen LogP contribution >= 0.6 is 0 Å². The quantitative estimate of drug-likeness (QED) is 0.423. The van der Waals surface area contributed by atoms with Crippen LogP contribution < -0.4 is 15.6 Å². The third kappa shape index (κ3) is 4.91. The SMILES string of the molecule is COc1cccc2cc(/C=C/C(=O)NNC(=O)c3ccc(S(=O)(=O)N4CCCC4)cc3)oc12. The van der Waals surface area contributed by atoms with Gasteiger partial charge >= 0.3 is 0 Å². The molecule has 0 atom stereocenters. The van der Waals surface area contributed by atoms with E-state index in [1.165, 1.54) is 40.7 Å². The zero-order chi connectivity index (χ0) is 23.4. The monoisotopic (exact) mass is 469 g/mol. The van der Waals surface area contributed by atoms with E-state index in [1.807, 2.05) is 12.1 Å². The third-order valence-corrected chi connectivity index (χ3v) is 7.18. The summed E-state index contributed by atoms with van der Waals surface area (Å²) < 4.78 is 37.5. The molecule has 2 aromatic carbocycles. The molecule has 0 bridgehead atoms. The number of hydrogen-bond acceptors (Lipinski definition) is 6. The fraction of sp³-hybridized carbons (Fsp3) is 0.217. The summed E-state index contributed by atoms with van der Waals surface area (Å²) in [5, 5.41) is 0.831. The highest BCUT2D eigenvalue weighted by Crippen LogP contribution is 2.28. The van der Waals surface area contributed by atoms with Crippen LogP contribution in [0, 0.1) is 0 Å². The molecule has 1 aliphatic rings. The number of amides is 2. The lowest BCUT2D eigenvalue weighted by molar-refractivity contribution is -0.117. The number of nitrogens with one attached hydrogen (secondary N) is 2. The van der Waals surface area contributed by atoms with E-state index in [2.05, 4.69) is 10.9 Å². The highest BCUT2D eigenvalue weighted by Gasteiger charge is 2.27. The predicted molar refractivity (Wildman–Crippen MR) is 122 cm³/mol. The molecule has 4 rings (SSSR count). The largest absolute Gasteiger partial charge is 0.493 e. The van der Waals surface area contributed by atoms with Crippen molar-refractivity contribution in [2.75, 3.05) is 20.2 Å². The molecule has 1 aliphatic heterocycles. The number of carbonyl (C=O) groups excluding carboxylic acids is 2. The van der Waals surface area contributed by atoms with Crippen LogP contribution in [0.2, 0.25) is 0 Å². The number of ether oxygens (including phenoxy) is 1. The van der Waals surface area contributed by atoms with Gasteiger partial charge in [-0.05, 0) is 55.3 Å². The van der Waals surface area contributed by atoms with Gasteiger partial charge < -0.3 is 9.15 Å². The number of carbonyl (C=O) groups is 2. The van der Waals surface area contributed by atoms with Crippen molar-refractivity contribution < 1.29 is 27.2 Å². The molecule has 3 aromatic rings. The van der Waals surface area contributed by atoms with Crippen LogP contribution in [0.5, 0.6) is 5.75 Å². The summed E-state index contributed by atoms with van der Waals surface area (Å²) in [5.74, 6) is -0.103. The molecule has 0 spiro atoms. The van der Waals surface area contributed by atoms with Crippen LogP contribution in [0.3, 0.4) is 0 Å². The first kappa shape index (κ1) is 22.6. The molecule has 0 aliphatic carbocycles. The second-order valence-electron chi connectivity index (χ2n) is 7.44. The van der Waals surface area contributed by atoms with E-state index in [0.717, 1.165) is 18.2 Å². The van der Waals surface area contributed by atoms with Gasteiger partial charge in [0, 0.05) is 30.1 Å². The predicted octanol–water partition coefficient (Wildman–Crippen LogP) is 2.70. The van der Waals surface area contributed by atoms with Crippen LogP contribution in [-0.4, -0.2) is 44.7 Å². The van der Waals surface area contributed by atoms with E-state index in [4.69, 9.17) is 9.15 Å². The molecule has 0 radical (unpaired) electrons. The smallest absolute Gasteiger partial charge is 0.269 e. The zero-order valence-corrected chi connectivity index (χ0v) is 18.7. The first-order chi connectivity index (χ1) is 15.9. The number of hydrazine groups is 1. The maximum atomic E-state index is 12.6. The molecule has 1 saturated heterocycles. The maximum absolute atomic E-state index is 12.6. The van der Waals surface area contributed by atoms with E-state index in [9.17, 15) is 18.0 Å². The number of furan rings is 1. The summed E-state index contributed by atoms with van der Waals surface area (Å²) >= 11 is 0. The highest BCUT2D eigenvalue weighted by atomic mass is 32.2. The molecule has 1 aromatic heterocycles. The Morgan fingerprint density at radius 2 is 1.79 bits per heavy atom. The first-order valence-electron chi connectivity index (χ1n) is 10.3. The van der Waals surface area contributed by atoms with Crippen molar-refractivity contribution in [2.24, 2.45) is 0 Å². The van der Waals surface area contributed by atoms with E-state index >= 15 is 0 Å². The number of benzene rings is 2. The molecule has 2 N–H and O–H groups in total. The van der Waals surface area contributed by atoms with Gasteiger partial charge in [0.05, 0.1) is 12.0 Å². The average Bonchev–Trinajstić information content (AvgIpc) is 3.51. The minimum atomic E-state index is -3.55. The van der Waals surface area contributed by atoms with Gasteiger partial charge in [0.2, 0.25) is 10.0 Å². The van der Waals surface area contributed by atoms with Gasteiger partial charge in [0.25, 0.3) is 11.8 Å². The number of nitrogens with zero attached hydrogens (tertiary/aromatic N) is 1. The Bertz CT molecular complexity index is 1310. The summed E-state index contributed by atoms with van der Waals surface area (Å²) in [6.07, 6.45) is 4.38. The zero-order valence-electron chi connectivity index (χ0n) is 17.9. The summed E-state index contributed by atoms with van der Waals surface area (Å²) in [6.45, 7) is 1.01. The number of sulfonamides is 1. The molecule has 172 valence electrons. The number of hydrogen-bond donors (Lipinski definition) is 2. The Labute approximate surface area is 191 Å². The Balaban J connectivity index is 1.34. The molecule has 2 heterocycles. The molecule has 10 heteroatoms. The van der Waals surface area contributed by atoms with Gasteiger partial charge in [0.1, 0.15) is 5.76 Å². The van der Waals surface area contributed by atoms with E-state index in [1.54, 1.807) is 19.2 Å². The molecule has 0 unspecified atom stereocenters. The van der Waals surface area contributed by atoms with Gasteiger partial charge in [-0.15, -0.1) is 0 Å². The van der Waals surface area contributed by atoms with Crippen molar-refractivity contribution in [2.45, 2.75) is 17.7 Å². The summed E-state index contributed by atoms with van der Waals surface area (Å²) in [7, 11) is -2.00. The summed E-state index contributed by atoms with van der Waals surface area (Å²) in [4.78, 5) is 24.5. The Morgan fingerprint density at radius 3 is 2.48 bits per heavy atom. The minimum absolute atomic E-state index is 0.135. The minimum Gasteiger partial charge on any atom is -0.493 e. The molecule has 2 amide bonds. The van der Waals surface area contributed by atoms with Crippen molar-refractivity contribution >= 4 is 38.9 Å². The molecule has 1 fully saturated rings. The van der Waals surface area contributed by atoms with Crippen LogP contribution in [0.25, 0.3) is 17.0 Å². The third-order valence-electron chi connectivity index (χ3n) is 5.26. The van der Waals surface area contributed by atoms with E-state index < -0.39 is 21.8 Å². The first-order valence-corrected chi connectivity index (χ1v) is 11.8. The Morgan fingerprint density at radius 1 is 1.06 bits per heavy atom. The lowest BCUT2D eigenvalue weighted by Gasteiger charge is -2.15. The van der Waals surface area contributed by atoms with Crippen LogP contribution in [0.15, 0.2) is 63.9 Å². The molecular formula is C23H23N3O6S. The van der Waals surface area contributed by atoms with Gasteiger partial charge in [-0.1, -0.05) is 12.1 Å². The van der Waals surface area contributed by atoms with Crippen molar-refractivity contribution in [3.63, 3.8) is 0 Å². The van der Waals surface area contributed by atoms with Gasteiger partial charge in [-0.3, -0.25) is 20.4 Å². The van der Waals surface area contributed by atoms with Crippen LogP contribution in [0.1, 0.15) is 29.0 Å². The number of methoxy groups -OCH3 is 1. The Kier molecular flexibility index (Phi) is 6.47. The number of para-hydroxylation sites is 1. The molecule has 9 nitrogen and oxygen atoms in total. The van der Waals surface area contributed by atoms with Crippen molar-refractivity contribution in [3.05, 3.63) is 65.9 Å². The van der Waals surface area contributed by atoms with Crippen molar-refractivity contribution in [1.82, 2.24) is 15.2 Å². The van der Waals surface area contributed by atoms with E-state index in [-0.39, 0.29) is 10.5 Å². The topological polar surface area (TPSA) is 118 Å². The van der Waals surface area contributed by atoms with Crippen molar-refractivity contribution in [1.29, 1.82) is 0 Å². The summed E-state index contributed by atoms with van der Waals surface area (Å²) in [6, 6.07) is 12.8. The standard InChI is InChI=1S/C23H23N3O6S/c1-31-20-6-4-5-17-15-18(32-22(17)20)9-12-21(27)24-25-23(28)16-7-10-19(11-8-16)33(29,30)26-13-2-3-14-26/h4-12,15H,2-3,13-14H2,1H3,(H,24,27)(H,25,28)/b12-9+. The van der Waals surface area contributed by atoms with Crippen LogP contribution in [0.4, 0.5) is 0 Å². The number of fused-ring (bicyclic) bond motifs is 1. The average molecular weight is 470 g/mol.